The first-order valence-corrected chi connectivity index (χ1v) is 13.2. The van der Waals surface area contributed by atoms with Gasteiger partial charge >= 0.3 is 12.0 Å². The van der Waals surface area contributed by atoms with Crippen molar-refractivity contribution >= 4 is 29.5 Å². The van der Waals surface area contributed by atoms with Crippen molar-refractivity contribution in [3.05, 3.63) is 29.3 Å². The Hall–Kier alpha value is -3.10. The number of hydrogen-bond acceptors (Lipinski definition) is 5. The summed E-state index contributed by atoms with van der Waals surface area (Å²) < 4.78 is 5.35. The van der Waals surface area contributed by atoms with Gasteiger partial charge in [0.2, 0.25) is 11.8 Å². The quantitative estimate of drug-likeness (QED) is 0.562. The molecule has 37 heavy (non-hydrogen) atoms. The molecule has 0 bridgehead atoms. The molecule has 0 radical (unpaired) electrons. The molecule has 1 aromatic rings. The number of nitrogens with one attached hydrogen (secondary N) is 2. The first-order valence-electron chi connectivity index (χ1n) is 13.2. The number of rotatable bonds is 6. The van der Waals surface area contributed by atoms with Gasteiger partial charge in [0.05, 0.1) is 0 Å². The first kappa shape index (κ1) is 28.5. The fourth-order valence-corrected chi connectivity index (χ4v) is 5.24. The van der Waals surface area contributed by atoms with Crippen LogP contribution in [-0.4, -0.2) is 71.4 Å². The molecule has 1 aromatic carbocycles. The van der Waals surface area contributed by atoms with E-state index in [1.165, 1.54) is 6.92 Å². The lowest BCUT2D eigenvalue weighted by Crippen LogP contribution is -2.49. The van der Waals surface area contributed by atoms with Gasteiger partial charge in [-0.25, -0.2) is 4.79 Å². The van der Waals surface area contributed by atoms with E-state index >= 15 is 0 Å². The second kappa shape index (κ2) is 11.5. The zero-order valence-corrected chi connectivity index (χ0v) is 23.1. The van der Waals surface area contributed by atoms with E-state index in [1.54, 1.807) is 25.7 Å². The van der Waals surface area contributed by atoms with Crippen molar-refractivity contribution in [2.45, 2.75) is 85.3 Å². The second-order valence-electron chi connectivity index (χ2n) is 11.6. The second-order valence-corrected chi connectivity index (χ2v) is 11.6. The molecule has 1 spiro atoms. The van der Waals surface area contributed by atoms with Crippen LogP contribution in [-0.2, 0) is 19.1 Å². The Bertz CT molecular complexity index is 1020. The summed E-state index contributed by atoms with van der Waals surface area (Å²) in [5.74, 6) is -0.856. The average Bonchev–Trinajstić information content (AvgIpc) is 3.20. The Morgan fingerprint density at radius 3 is 2.22 bits per heavy atom. The van der Waals surface area contributed by atoms with Crippen molar-refractivity contribution in [1.82, 2.24) is 15.1 Å². The molecule has 0 unspecified atom stereocenters. The van der Waals surface area contributed by atoms with Crippen LogP contribution in [0.25, 0.3) is 0 Å². The van der Waals surface area contributed by atoms with Gasteiger partial charge in [0.1, 0.15) is 11.6 Å². The zero-order chi connectivity index (χ0) is 27.4. The van der Waals surface area contributed by atoms with E-state index in [4.69, 9.17) is 4.74 Å². The number of nitrogens with zero attached hydrogens (tertiary/aromatic N) is 2. The van der Waals surface area contributed by atoms with Crippen LogP contribution in [0.4, 0.5) is 10.5 Å². The molecule has 9 heteroatoms. The highest BCUT2D eigenvalue weighted by molar-refractivity contribution is 5.90. The third-order valence-electron chi connectivity index (χ3n) is 7.22. The van der Waals surface area contributed by atoms with Gasteiger partial charge in [-0.2, -0.15) is 0 Å². The lowest BCUT2D eigenvalue weighted by atomic mass is 9.78. The Morgan fingerprint density at radius 1 is 1.03 bits per heavy atom. The number of carbonyl (C=O) groups is 4. The number of ether oxygens (including phenoxy) is 1. The van der Waals surface area contributed by atoms with Gasteiger partial charge in [-0.1, -0.05) is 17.7 Å². The minimum absolute atomic E-state index is 0.0296. The van der Waals surface area contributed by atoms with Crippen molar-refractivity contribution in [2.24, 2.45) is 5.41 Å². The molecule has 2 N–H and O–H groups in total. The predicted octanol–water partition coefficient (Wildman–Crippen LogP) is 3.78. The molecule has 0 aliphatic carbocycles. The molecule has 2 aliphatic heterocycles. The molecule has 2 aliphatic rings. The highest BCUT2D eigenvalue weighted by Gasteiger charge is 2.44. The van der Waals surface area contributed by atoms with Crippen LogP contribution >= 0.6 is 0 Å². The van der Waals surface area contributed by atoms with Crippen molar-refractivity contribution in [3.8, 4) is 0 Å². The number of esters is 1. The number of urea groups is 1. The summed E-state index contributed by atoms with van der Waals surface area (Å²) >= 11 is 0. The fourth-order valence-electron chi connectivity index (χ4n) is 5.24. The molecule has 3 rings (SSSR count). The molecule has 4 amide bonds. The topological polar surface area (TPSA) is 108 Å². The zero-order valence-electron chi connectivity index (χ0n) is 23.1. The highest BCUT2D eigenvalue weighted by atomic mass is 16.6. The van der Waals surface area contributed by atoms with Gasteiger partial charge < -0.3 is 25.2 Å². The molecular formula is C28H42N4O5. The molecule has 9 nitrogen and oxygen atoms in total. The maximum atomic E-state index is 13.3. The molecule has 2 fully saturated rings. The average molecular weight is 515 g/mol. The standard InChI is InChI=1S/C28H42N4O5/c1-19-7-8-22(20(2)17-19)30-26(36)31-14-11-28(12-15-31)13-16-32(18-28)25(35)23(29-21(3)33)9-10-24(34)37-27(4,5)6/h7-8,17,23H,9-16,18H2,1-6H3,(H,29,33)(H,30,36)/t23-/m0/s1. The van der Waals surface area contributed by atoms with Crippen molar-refractivity contribution in [1.29, 1.82) is 0 Å². The SMILES string of the molecule is CC(=O)N[C@@H](CCC(=O)OC(C)(C)C)C(=O)N1CCC2(CCN(C(=O)Nc3ccc(C)cc3C)CC2)C1. The minimum Gasteiger partial charge on any atom is -0.460 e. The summed E-state index contributed by atoms with van der Waals surface area (Å²) in [6.07, 6.45) is 2.75. The number of benzene rings is 1. The first-order chi connectivity index (χ1) is 17.3. The highest BCUT2D eigenvalue weighted by Crippen LogP contribution is 2.40. The van der Waals surface area contributed by atoms with Gasteiger partial charge in [-0.05, 0) is 77.3 Å². The summed E-state index contributed by atoms with van der Waals surface area (Å²) in [4.78, 5) is 53.8. The smallest absolute Gasteiger partial charge is 0.321 e. The Labute approximate surface area is 220 Å². The van der Waals surface area contributed by atoms with Gasteiger partial charge in [-0.3, -0.25) is 14.4 Å². The van der Waals surface area contributed by atoms with E-state index in [-0.39, 0.29) is 42.1 Å². The molecule has 204 valence electrons. The molecule has 1 atom stereocenters. The third-order valence-corrected chi connectivity index (χ3v) is 7.22. The predicted molar refractivity (Wildman–Crippen MR) is 142 cm³/mol. The van der Waals surface area contributed by atoms with Crippen molar-refractivity contribution in [2.75, 3.05) is 31.5 Å². The van der Waals surface area contributed by atoms with Crippen LogP contribution in [0.1, 0.15) is 70.9 Å². The number of likely N-dealkylation sites (tertiary alicyclic amines) is 2. The van der Waals surface area contributed by atoms with Crippen LogP contribution in [0, 0.1) is 19.3 Å². The third kappa shape index (κ3) is 7.94. The number of carbonyl (C=O) groups excluding carboxylic acids is 4. The van der Waals surface area contributed by atoms with E-state index in [0.717, 1.165) is 36.1 Å². The van der Waals surface area contributed by atoms with E-state index in [0.29, 0.717) is 26.2 Å². The monoisotopic (exact) mass is 514 g/mol. The van der Waals surface area contributed by atoms with Gasteiger partial charge in [0.25, 0.3) is 0 Å². The van der Waals surface area contributed by atoms with Crippen LogP contribution in [0.15, 0.2) is 18.2 Å². The molecule has 2 heterocycles. The summed E-state index contributed by atoms with van der Waals surface area (Å²) in [7, 11) is 0. The van der Waals surface area contributed by atoms with E-state index in [9.17, 15) is 19.2 Å². The molecule has 2 saturated heterocycles. The van der Waals surface area contributed by atoms with Gasteiger partial charge in [0, 0.05) is 45.2 Å². The Kier molecular flexibility index (Phi) is 8.87. The number of piperidine rings is 1. The van der Waals surface area contributed by atoms with Crippen LogP contribution in [0.5, 0.6) is 0 Å². The summed E-state index contributed by atoms with van der Waals surface area (Å²) in [5.41, 5.74) is 2.38. The van der Waals surface area contributed by atoms with Crippen LogP contribution in [0.2, 0.25) is 0 Å². The van der Waals surface area contributed by atoms with Crippen molar-refractivity contribution < 1.29 is 23.9 Å². The number of hydrogen-bond donors (Lipinski definition) is 2. The number of aryl methyl sites for hydroxylation is 2. The van der Waals surface area contributed by atoms with E-state index in [1.807, 2.05) is 36.9 Å². The van der Waals surface area contributed by atoms with Gasteiger partial charge in [0.15, 0.2) is 0 Å². The minimum atomic E-state index is -0.760. The van der Waals surface area contributed by atoms with E-state index in [2.05, 4.69) is 10.6 Å². The number of amides is 4. The summed E-state index contributed by atoms with van der Waals surface area (Å²) in [5, 5.41) is 5.75. The number of anilines is 1. The van der Waals surface area contributed by atoms with E-state index < -0.39 is 11.6 Å². The Morgan fingerprint density at radius 2 is 1.65 bits per heavy atom. The molecule has 0 saturated carbocycles. The van der Waals surface area contributed by atoms with Gasteiger partial charge in [-0.15, -0.1) is 0 Å². The van der Waals surface area contributed by atoms with Crippen molar-refractivity contribution in [3.63, 3.8) is 0 Å². The maximum absolute atomic E-state index is 13.3. The molecule has 0 aromatic heterocycles. The lowest BCUT2D eigenvalue weighted by Gasteiger charge is -2.39. The Balaban J connectivity index is 1.54. The van der Waals surface area contributed by atoms with Crippen LogP contribution < -0.4 is 10.6 Å². The normalized spacial score (nSPS) is 17.9. The maximum Gasteiger partial charge on any atom is 0.321 e. The van der Waals surface area contributed by atoms with Crippen LogP contribution in [0.3, 0.4) is 0 Å². The lowest BCUT2D eigenvalue weighted by molar-refractivity contribution is -0.155. The summed E-state index contributed by atoms with van der Waals surface area (Å²) in [6, 6.07) is 5.11. The fraction of sp³-hybridized carbons (Fsp3) is 0.643. The molecular weight excluding hydrogens is 472 g/mol. The summed E-state index contributed by atoms with van der Waals surface area (Å²) in [6.45, 7) is 13.2. The largest absolute Gasteiger partial charge is 0.460 e.